The molecule has 1 N–H and O–H groups in total. The Morgan fingerprint density at radius 1 is 0.868 bits per heavy atom. The van der Waals surface area contributed by atoms with Crippen molar-refractivity contribution in [2.24, 2.45) is 0 Å². The van der Waals surface area contributed by atoms with Crippen molar-refractivity contribution in [1.82, 2.24) is 4.31 Å². The molecule has 0 atom stereocenters. The van der Waals surface area contributed by atoms with Gasteiger partial charge in [0, 0.05) is 35.6 Å². The number of rotatable bonds is 7. The van der Waals surface area contributed by atoms with Crippen molar-refractivity contribution in [3.8, 4) is 5.75 Å². The summed E-state index contributed by atoms with van der Waals surface area (Å²) in [5.74, 6) is 0.971. The van der Waals surface area contributed by atoms with E-state index in [4.69, 9.17) is 18.3 Å². The molecule has 0 spiro atoms. The number of nitrogens with one attached hydrogen (secondary N) is 1. The highest BCUT2D eigenvalue weighted by atomic mass is 32.2. The quantitative estimate of drug-likeness (QED) is 0.313. The maximum atomic E-state index is 13.1. The van der Waals surface area contributed by atoms with Gasteiger partial charge in [-0.3, -0.25) is 4.79 Å². The average molecular weight is 533 g/mol. The van der Waals surface area contributed by atoms with E-state index in [2.05, 4.69) is 5.32 Å². The number of sulfonamides is 1. The normalized spacial score (nSPS) is 14.6. The molecule has 2 aromatic heterocycles. The summed E-state index contributed by atoms with van der Waals surface area (Å²) >= 11 is 0. The van der Waals surface area contributed by atoms with Gasteiger partial charge < -0.3 is 23.6 Å². The van der Waals surface area contributed by atoms with E-state index in [1.54, 1.807) is 48.5 Å². The van der Waals surface area contributed by atoms with Gasteiger partial charge in [-0.15, -0.1) is 0 Å². The van der Waals surface area contributed by atoms with E-state index in [1.807, 2.05) is 30.3 Å². The molecule has 194 valence electrons. The van der Waals surface area contributed by atoms with Crippen LogP contribution in [0.25, 0.3) is 21.9 Å². The highest BCUT2D eigenvalue weighted by molar-refractivity contribution is 7.89. The monoisotopic (exact) mass is 532 g/mol. The fourth-order valence-corrected chi connectivity index (χ4v) is 5.81. The molecule has 0 bridgehead atoms. The lowest BCUT2D eigenvalue weighted by Gasteiger charge is -2.26. The Labute approximate surface area is 218 Å². The van der Waals surface area contributed by atoms with Gasteiger partial charge in [0.15, 0.2) is 5.76 Å². The molecule has 1 aliphatic rings. The first-order valence-corrected chi connectivity index (χ1v) is 13.5. The number of para-hydroxylation sites is 1. The third-order valence-corrected chi connectivity index (χ3v) is 8.21. The number of nitrogens with zero attached hydrogens (tertiary/aromatic N) is 1. The predicted molar refractivity (Wildman–Crippen MR) is 141 cm³/mol. The zero-order chi connectivity index (χ0) is 26.1. The fourth-order valence-electron chi connectivity index (χ4n) is 4.37. The van der Waals surface area contributed by atoms with Crippen molar-refractivity contribution in [3.05, 3.63) is 90.4 Å². The summed E-state index contributed by atoms with van der Waals surface area (Å²) in [5.41, 5.74) is 1.59. The van der Waals surface area contributed by atoms with Crippen LogP contribution in [-0.2, 0) is 21.4 Å². The number of ether oxygens (including phenoxy) is 2. The molecular formula is C28H24N2O7S. The van der Waals surface area contributed by atoms with Crippen LogP contribution in [0.2, 0.25) is 0 Å². The molecule has 3 aromatic carbocycles. The number of anilines is 1. The van der Waals surface area contributed by atoms with E-state index >= 15 is 0 Å². The largest absolute Gasteiger partial charge is 0.486 e. The Bertz CT molecular complexity index is 1720. The van der Waals surface area contributed by atoms with Gasteiger partial charge in [-0.2, -0.15) is 4.31 Å². The van der Waals surface area contributed by atoms with E-state index in [-0.39, 0.29) is 17.3 Å². The molecule has 9 nitrogen and oxygen atoms in total. The van der Waals surface area contributed by atoms with E-state index < -0.39 is 15.9 Å². The zero-order valence-corrected chi connectivity index (χ0v) is 21.1. The maximum absolute atomic E-state index is 13.1. The average Bonchev–Trinajstić information content (AvgIpc) is 3.57. The van der Waals surface area contributed by atoms with Gasteiger partial charge in [0.25, 0.3) is 5.91 Å². The Morgan fingerprint density at radius 2 is 1.68 bits per heavy atom. The lowest BCUT2D eigenvalue weighted by atomic mass is 10.1. The molecule has 1 fully saturated rings. The summed E-state index contributed by atoms with van der Waals surface area (Å²) in [5, 5.41) is 4.24. The molecule has 38 heavy (non-hydrogen) atoms. The minimum atomic E-state index is -3.64. The number of hydrogen-bond donors (Lipinski definition) is 1. The van der Waals surface area contributed by atoms with Crippen LogP contribution in [0.3, 0.4) is 0 Å². The molecule has 3 heterocycles. The lowest BCUT2D eigenvalue weighted by Crippen LogP contribution is -2.40. The topological polar surface area (TPSA) is 111 Å². The van der Waals surface area contributed by atoms with Gasteiger partial charge in [-0.1, -0.05) is 18.2 Å². The first-order chi connectivity index (χ1) is 18.5. The third kappa shape index (κ3) is 4.76. The SMILES string of the molecule is O=C(Nc1ccc2c(c1)oc1ccc(S(=O)(=O)N3CCOCC3)cc12)c1ccc(COc2ccccc2)o1. The van der Waals surface area contributed by atoms with E-state index in [1.165, 1.54) is 4.31 Å². The minimum Gasteiger partial charge on any atom is -0.486 e. The van der Waals surface area contributed by atoms with Crippen molar-refractivity contribution in [1.29, 1.82) is 0 Å². The van der Waals surface area contributed by atoms with Crippen LogP contribution in [0.5, 0.6) is 5.75 Å². The summed E-state index contributed by atoms with van der Waals surface area (Å²) in [7, 11) is -3.64. The molecular weight excluding hydrogens is 508 g/mol. The van der Waals surface area contributed by atoms with Crippen LogP contribution in [0, 0.1) is 0 Å². The highest BCUT2D eigenvalue weighted by Gasteiger charge is 2.27. The highest BCUT2D eigenvalue weighted by Crippen LogP contribution is 2.33. The number of hydrogen-bond acceptors (Lipinski definition) is 7. The van der Waals surface area contributed by atoms with Gasteiger partial charge in [-0.05, 0) is 54.6 Å². The Morgan fingerprint density at radius 3 is 2.50 bits per heavy atom. The number of furan rings is 2. The van der Waals surface area contributed by atoms with Crippen LogP contribution >= 0.6 is 0 Å². The molecule has 1 aliphatic heterocycles. The first kappa shape index (κ1) is 24.2. The van der Waals surface area contributed by atoms with Crippen molar-refractivity contribution in [2.45, 2.75) is 11.5 Å². The Balaban J connectivity index is 1.19. The third-order valence-electron chi connectivity index (χ3n) is 6.32. The van der Waals surface area contributed by atoms with Gasteiger partial charge >= 0.3 is 0 Å². The number of benzene rings is 3. The lowest BCUT2D eigenvalue weighted by molar-refractivity contribution is 0.0730. The molecule has 6 rings (SSSR count). The Kier molecular flexibility index (Phi) is 6.36. The van der Waals surface area contributed by atoms with E-state index in [9.17, 15) is 13.2 Å². The molecule has 5 aromatic rings. The number of carbonyl (C=O) groups is 1. The van der Waals surface area contributed by atoms with Crippen molar-refractivity contribution in [3.63, 3.8) is 0 Å². The van der Waals surface area contributed by atoms with Crippen LogP contribution < -0.4 is 10.1 Å². The fraction of sp³-hybridized carbons (Fsp3) is 0.179. The number of fused-ring (bicyclic) bond motifs is 3. The van der Waals surface area contributed by atoms with Crippen LogP contribution in [0.15, 0.2) is 92.6 Å². The van der Waals surface area contributed by atoms with Crippen LogP contribution in [0.1, 0.15) is 16.3 Å². The van der Waals surface area contributed by atoms with Gasteiger partial charge in [0.1, 0.15) is 29.3 Å². The number of morpholine rings is 1. The van der Waals surface area contributed by atoms with Gasteiger partial charge in [0.05, 0.1) is 18.1 Å². The van der Waals surface area contributed by atoms with Gasteiger partial charge in [0.2, 0.25) is 10.0 Å². The second-order valence-corrected chi connectivity index (χ2v) is 10.7. The minimum absolute atomic E-state index is 0.152. The molecule has 1 saturated heterocycles. The van der Waals surface area contributed by atoms with Crippen LogP contribution in [0.4, 0.5) is 5.69 Å². The Hall–Kier alpha value is -4.12. The second-order valence-electron chi connectivity index (χ2n) is 8.81. The van der Waals surface area contributed by atoms with Crippen molar-refractivity contribution in [2.75, 3.05) is 31.6 Å². The number of carbonyl (C=O) groups excluding carboxylic acids is 1. The zero-order valence-electron chi connectivity index (χ0n) is 20.3. The molecule has 0 unspecified atom stereocenters. The molecule has 0 saturated carbocycles. The number of amides is 1. The second kappa shape index (κ2) is 9.97. The van der Waals surface area contributed by atoms with Gasteiger partial charge in [-0.25, -0.2) is 8.42 Å². The first-order valence-electron chi connectivity index (χ1n) is 12.1. The molecule has 1 amide bonds. The summed E-state index contributed by atoms with van der Waals surface area (Å²) in [6.07, 6.45) is 0. The summed E-state index contributed by atoms with van der Waals surface area (Å²) in [4.78, 5) is 13.0. The molecule has 0 radical (unpaired) electrons. The maximum Gasteiger partial charge on any atom is 0.291 e. The van der Waals surface area contributed by atoms with Crippen LogP contribution in [-0.4, -0.2) is 44.9 Å². The van der Waals surface area contributed by atoms with Crippen molar-refractivity contribution >= 4 is 43.6 Å². The van der Waals surface area contributed by atoms with E-state index in [0.717, 1.165) is 5.39 Å². The standard InChI is InChI=1S/C28H24N2O7S/c31-28(26-10-7-21(36-26)18-35-20-4-2-1-3-5-20)29-19-6-9-23-24-17-22(8-11-25(24)37-27(23)16-19)38(32,33)30-12-14-34-15-13-30/h1-11,16-17H,12-15,18H2,(H,29,31). The summed E-state index contributed by atoms with van der Waals surface area (Å²) in [6, 6.07) is 22.7. The van der Waals surface area contributed by atoms with Crippen molar-refractivity contribution < 1.29 is 31.5 Å². The van der Waals surface area contributed by atoms with E-state index in [0.29, 0.717) is 60.1 Å². The summed E-state index contributed by atoms with van der Waals surface area (Å²) in [6.45, 7) is 1.61. The molecule has 10 heteroatoms. The summed E-state index contributed by atoms with van der Waals surface area (Å²) < 4.78 is 50.1. The molecule has 0 aliphatic carbocycles. The predicted octanol–water partition coefficient (Wildman–Crippen LogP) is 5.03. The smallest absolute Gasteiger partial charge is 0.291 e.